The molecule has 0 aromatic heterocycles. The molecule has 0 saturated carbocycles. The molecule has 35 heavy (non-hydrogen) atoms. The van der Waals surface area contributed by atoms with E-state index in [2.05, 4.69) is 20.8 Å². The number of rotatable bonds is 8. The SMILES string of the molecule is CCOC(=O)C(NC(=O)c1ccccc1)P(Br)(c1ccccc1)(c1ccccc1)c1ccccc1. The summed E-state index contributed by atoms with van der Waals surface area (Å²) in [5.74, 6) is -1.87. The Bertz CT molecular complexity index is 1190. The molecule has 0 heterocycles. The summed E-state index contributed by atoms with van der Waals surface area (Å²) in [6, 6.07) is 38.5. The third-order valence-corrected chi connectivity index (χ3v) is 16.2. The maximum atomic E-state index is 13.8. The Hall–Kier alpha value is -3.27. The first-order valence-electron chi connectivity index (χ1n) is 11.4. The molecule has 1 unspecified atom stereocenters. The molecule has 0 fully saturated rings. The van der Waals surface area contributed by atoms with E-state index in [0.29, 0.717) is 5.56 Å². The van der Waals surface area contributed by atoms with Crippen LogP contribution in [0.25, 0.3) is 0 Å². The molecule has 0 radical (unpaired) electrons. The topological polar surface area (TPSA) is 55.4 Å². The van der Waals surface area contributed by atoms with Gasteiger partial charge in [-0.25, -0.2) is 0 Å². The van der Waals surface area contributed by atoms with Gasteiger partial charge < -0.3 is 0 Å². The molecular weight excluding hydrogens is 521 g/mol. The number of nitrogens with one attached hydrogen (secondary N) is 1. The van der Waals surface area contributed by atoms with E-state index in [1.807, 2.05) is 97.1 Å². The van der Waals surface area contributed by atoms with Gasteiger partial charge in [-0.15, -0.1) is 0 Å². The first-order chi connectivity index (χ1) is 17.0. The van der Waals surface area contributed by atoms with Crippen molar-refractivity contribution >= 4 is 48.6 Å². The van der Waals surface area contributed by atoms with Gasteiger partial charge in [-0.3, -0.25) is 0 Å². The van der Waals surface area contributed by atoms with Gasteiger partial charge in [0.05, 0.1) is 0 Å². The number of carbonyl (C=O) groups excluding carboxylic acids is 2. The van der Waals surface area contributed by atoms with E-state index >= 15 is 0 Å². The van der Waals surface area contributed by atoms with Crippen LogP contribution < -0.4 is 21.2 Å². The van der Waals surface area contributed by atoms with E-state index in [1.54, 1.807) is 31.2 Å². The summed E-state index contributed by atoms with van der Waals surface area (Å²) >= 11 is 4.27. The fraction of sp³-hybridized carbons (Fsp3) is 0.103. The second-order valence-corrected chi connectivity index (χ2v) is 16.7. The minimum absolute atomic E-state index is 0.189. The van der Waals surface area contributed by atoms with Gasteiger partial charge in [-0.05, 0) is 0 Å². The fourth-order valence-corrected chi connectivity index (χ4v) is 12.3. The predicted molar refractivity (Wildman–Crippen MR) is 148 cm³/mol. The molecule has 0 bridgehead atoms. The van der Waals surface area contributed by atoms with Crippen molar-refractivity contribution in [2.24, 2.45) is 0 Å². The molecule has 4 nitrogen and oxygen atoms in total. The molecule has 1 amide bonds. The van der Waals surface area contributed by atoms with Crippen LogP contribution in [0.2, 0.25) is 0 Å². The Morgan fingerprint density at radius 3 is 1.46 bits per heavy atom. The van der Waals surface area contributed by atoms with Crippen LogP contribution in [0.4, 0.5) is 0 Å². The molecule has 4 aromatic carbocycles. The van der Waals surface area contributed by atoms with Crippen molar-refractivity contribution in [2.45, 2.75) is 12.7 Å². The summed E-state index contributed by atoms with van der Waals surface area (Å²) in [7, 11) is 0. The zero-order valence-corrected chi connectivity index (χ0v) is 21.9. The summed E-state index contributed by atoms with van der Waals surface area (Å²) in [5.41, 5.74) is 0.466. The molecule has 4 aromatic rings. The van der Waals surface area contributed by atoms with Crippen LogP contribution in [0.3, 0.4) is 0 Å². The van der Waals surface area contributed by atoms with E-state index in [9.17, 15) is 9.59 Å². The summed E-state index contributed by atoms with van der Waals surface area (Å²) in [4.78, 5) is 27.4. The quantitative estimate of drug-likeness (QED) is 0.245. The molecule has 6 heteroatoms. The van der Waals surface area contributed by atoms with Crippen molar-refractivity contribution in [3.8, 4) is 0 Å². The standard InChI is InChI=1S/C29H27BrNO3P/c1-2-34-29(33)28(31-27(32)23-15-7-3-8-16-23)35(30,24-17-9-4-10-18-24,25-19-11-5-12-20-25)26-21-13-6-14-22-26/h3-22,28H,2H2,1H3,(H,31,32). The second-order valence-electron chi connectivity index (χ2n) is 8.07. The predicted octanol–water partition coefficient (Wildman–Crippen LogP) is 5.15. The van der Waals surface area contributed by atoms with Gasteiger partial charge in [0.2, 0.25) is 0 Å². The molecule has 0 saturated heterocycles. The van der Waals surface area contributed by atoms with Crippen LogP contribution in [-0.4, -0.2) is 24.3 Å². The average Bonchev–Trinajstić information content (AvgIpc) is 2.93. The summed E-state index contributed by atoms with van der Waals surface area (Å²) in [6.07, 6.45) is 0. The molecule has 1 N–H and O–H groups in total. The normalized spacial score (nSPS) is 13.1. The monoisotopic (exact) mass is 547 g/mol. The van der Waals surface area contributed by atoms with Crippen molar-refractivity contribution in [3.63, 3.8) is 0 Å². The summed E-state index contributed by atoms with van der Waals surface area (Å²) in [5, 5.41) is 1.93. The van der Waals surface area contributed by atoms with Crippen LogP contribution in [0.5, 0.6) is 0 Å². The van der Waals surface area contributed by atoms with Crippen LogP contribution in [0.1, 0.15) is 17.3 Å². The number of hydrogen-bond donors (Lipinski definition) is 1. The number of esters is 1. The third-order valence-electron chi connectivity index (χ3n) is 6.08. The Morgan fingerprint density at radius 1 is 0.714 bits per heavy atom. The number of carbonyl (C=O) groups is 2. The van der Waals surface area contributed by atoms with Crippen molar-refractivity contribution in [1.82, 2.24) is 5.32 Å². The van der Waals surface area contributed by atoms with Crippen molar-refractivity contribution in [1.29, 1.82) is 0 Å². The molecular formula is C29H27BrNO3P. The van der Waals surface area contributed by atoms with Crippen molar-refractivity contribution in [2.75, 3.05) is 6.61 Å². The molecule has 178 valence electrons. The summed E-state index contributed by atoms with van der Waals surface area (Å²) in [6.45, 7) is 1.96. The van der Waals surface area contributed by atoms with Gasteiger partial charge in [0.1, 0.15) is 0 Å². The number of ether oxygens (including phenoxy) is 1. The van der Waals surface area contributed by atoms with Crippen LogP contribution in [-0.2, 0) is 9.53 Å². The first kappa shape index (κ1) is 24.8. The molecule has 0 aliphatic rings. The van der Waals surface area contributed by atoms with Crippen LogP contribution in [0.15, 0.2) is 121 Å². The minimum atomic E-state index is -3.87. The Morgan fingerprint density at radius 2 is 1.09 bits per heavy atom. The number of benzene rings is 4. The number of halogens is 1. The Labute approximate surface area is 214 Å². The van der Waals surface area contributed by atoms with E-state index in [1.165, 1.54) is 0 Å². The number of hydrogen-bond acceptors (Lipinski definition) is 3. The second kappa shape index (κ2) is 10.6. The van der Waals surface area contributed by atoms with Gasteiger partial charge in [0.25, 0.3) is 0 Å². The van der Waals surface area contributed by atoms with E-state index in [-0.39, 0.29) is 12.5 Å². The van der Waals surface area contributed by atoms with E-state index in [0.717, 1.165) is 15.9 Å². The van der Waals surface area contributed by atoms with Gasteiger partial charge in [-0.2, -0.15) is 0 Å². The van der Waals surface area contributed by atoms with E-state index in [4.69, 9.17) is 4.74 Å². The van der Waals surface area contributed by atoms with Crippen molar-refractivity contribution in [3.05, 3.63) is 127 Å². The third kappa shape index (κ3) is 4.42. The van der Waals surface area contributed by atoms with Gasteiger partial charge >= 0.3 is 214 Å². The molecule has 0 aliphatic carbocycles. The van der Waals surface area contributed by atoms with Gasteiger partial charge in [-0.1, -0.05) is 0 Å². The fourth-order valence-electron chi connectivity index (χ4n) is 4.45. The van der Waals surface area contributed by atoms with Gasteiger partial charge in [0.15, 0.2) is 0 Å². The molecule has 0 aliphatic heterocycles. The van der Waals surface area contributed by atoms with E-state index < -0.39 is 17.1 Å². The summed E-state index contributed by atoms with van der Waals surface area (Å²) < 4.78 is 5.63. The zero-order chi connectivity index (χ0) is 24.8. The van der Waals surface area contributed by atoms with Gasteiger partial charge in [0, 0.05) is 0 Å². The van der Waals surface area contributed by atoms with Crippen LogP contribution in [0, 0.1) is 0 Å². The average molecular weight is 548 g/mol. The Kier molecular flexibility index (Phi) is 7.49. The molecule has 1 atom stereocenters. The van der Waals surface area contributed by atoms with Crippen LogP contribution >= 0.6 is 20.8 Å². The van der Waals surface area contributed by atoms with Crippen molar-refractivity contribution < 1.29 is 14.3 Å². The first-order valence-corrected chi connectivity index (χ1v) is 15.8. The number of amides is 1. The molecule has 4 rings (SSSR count). The maximum absolute atomic E-state index is 13.8. The molecule has 0 spiro atoms. The zero-order valence-electron chi connectivity index (χ0n) is 19.4. The Balaban J connectivity index is 2.08.